The van der Waals surface area contributed by atoms with Crippen molar-refractivity contribution in [1.82, 2.24) is 0 Å². The molecule has 232 valence electrons. The van der Waals surface area contributed by atoms with Gasteiger partial charge in [-0.1, -0.05) is 32.9 Å². The van der Waals surface area contributed by atoms with Gasteiger partial charge in [0.15, 0.2) is 27.7 Å². The lowest BCUT2D eigenvalue weighted by Gasteiger charge is -2.40. The topological polar surface area (TPSA) is 90.9 Å². The third-order valence-corrected chi connectivity index (χ3v) is 12.4. The van der Waals surface area contributed by atoms with Crippen LogP contribution in [0.15, 0.2) is 24.3 Å². The Hall–Kier alpha value is -1.95. The standard InChI is InChI=1S/C31H50O9Si/c1-21-12-11-13-25-26(39-31(5,6)38-25)15-14-23(40-41(9,10)30(2,3)4)16-22-17-24(35-19-33-7)18-27(36-20-34-8)28(22)29(32)37-21/h11,13,17-18,21,23,25-26H,12,14-16,19-20H2,1-10H3/t21-,23?,25+,26-/m0/s1. The minimum absolute atomic E-state index is 0.000326. The molecule has 2 aliphatic heterocycles. The van der Waals surface area contributed by atoms with Crippen molar-refractivity contribution in [2.45, 2.75) is 116 Å². The highest BCUT2D eigenvalue weighted by atomic mass is 28.4. The van der Waals surface area contributed by atoms with Crippen molar-refractivity contribution in [2.75, 3.05) is 27.8 Å². The summed E-state index contributed by atoms with van der Waals surface area (Å²) < 4.78 is 47.5. The zero-order valence-electron chi connectivity index (χ0n) is 26.5. The number of esters is 1. The molecule has 0 amide bonds. The van der Waals surface area contributed by atoms with Crippen molar-refractivity contribution in [2.24, 2.45) is 0 Å². The Morgan fingerprint density at radius 1 is 1.02 bits per heavy atom. The molecule has 0 spiro atoms. The number of benzene rings is 1. The van der Waals surface area contributed by atoms with Crippen LogP contribution in [0.5, 0.6) is 11.5 Å². The van der Waals surface area contributed by atoms with E-state index in [1.54, 1.807) is 13.2 Å². The van der Waals surface area contributed by atoms with Crippen LogP contribution in [0.3, 0.4) is 0 Å². The number of ether oxygens (including phenoxy) is 7. The van der Waals surface area contributed by atoms with Gasteiger partial charge in [-0.2, -0.15) is 0 Å². The molecule has 1 unspecified atom stereocenters. The van der Waals surface area contributed by atoms with Crippen LogP contribution in [0.4, 0.5) is 0 Å². The zero-order chi connectivity index (χ0) is 30.4. The van der Waals surface area contributed by atoms with Crippen molar-refractivity contribution < 1.29 is 42.4 Å². The molecule has 0 aliphatic carbocycles. The number of cyclic esters (lactones) is 1. The highest BCUT2D eigenvalue weighted by Gasteiger charge is 2.42. The first-order valence-electron chi connectivity index (χ1n) is 14.5. The summed E-state index contributed by atoms with van der Waals surface area (Å²) in [6.07, 6.45) is 5.58. The summed E-state index contributed by atoms with van der Waals surface area (Å²) in [5, 5.41) is -0.000326. The Labute approximate surface area is 246 Å². The van der Waals surface area contributed by atoms with Crippen LogP contribution in [0.2, 0.25) is 18.1 Å². The van der Waals surface area contributed by atoms with E-state index in [1.807, 2.05) is 39.0 Å². The van der Waals surface area contributed by atoms with Gasteiger partial charge in [-0.25, -0.2) is 4.79 Å². The Bertz CT molecular complexity index is 1050. The summed E-state index contributed by atoms with van der Waals surface area (Å²) in [5.41, 5.74) is 1.07. The van der Waals surface area contributed by atoms with Gasteiger partial charge in [0.2, 0.25) is 0 Å². The molecule has 41 heavy (non-hydrogen) atoms. The highest BCUT2D eigenvalue weighted by molar-refractivity contribution is 6.74. The van der Waals surface area contributed by atoms with Gasteiger partial charge in [-0.3, -0.25) is 0 Å². The number of hydrogen-bond acceptors (Lipinski definition) is 9. The van der Waals surface area contributed by atoms with Gasteiger partial charge in [0, 0.05) is 32.8 Å². The molecule has 0 bridgehead atoms. The fraction of sp³-hybridized carbons (Fsp3) is 0.710. The summed E-state index contributed by atoms with van der Waals surface area (Å²) in [6, 6.07) is 3.53. The van der Waals surface area contributed by atoms with E-state index in [0.29, 0.717) is 36.3 Å². The lowest BCUT2D eigenvalue weighted by Crippen LogP contribution is -2.44. The molecular weight excluding hydrogens is 544 g/mol. The SMILES string of the molecule is COCOc1cc2c(c(OCOC)c1)C(=O)O[C@@H](C)CC=C[C@H]1OC(C)(C)O[C@H]1CCC(O[Si](C)(C)C(C)(C)C)C2. The van der Waals surface area contributed by atoms with E-state index in [0.717, 1.165) is 12.0 Å². The Balaban J connectivity index is 2.10. The second kappa shape index (κ2) is 14.0. The summed E-state index contributed by atoms with van der Waals surface area (Å²) in [5.74, 6) is -0.305. The van der Waals surface area contributed by atoms with E-state index in [4.69, 9.17) is 37.6 Å². The average Bonchev–Trinajstić information content (AvgIpc) is 3.16. The van der Waals surface area contributed by atoms with Gasteiger partial charge in [0.05, 0.1) is 6.10 Å². The summed E-state index contributed by atoms with van der Waals surface area (Å²) in [4.78, 5) is 13.7. The van der Waals surface area contributed by atoms with E-state index in [1.165, 1.54) is 7.11 Å². The molecule has 4 atom stereocenters. The van der Waals surface area contributed by atoms with Crippen LogP contribution in [0.25, 0.3) is 0 Å². The van der Waals surface area contributed by atoms with Gasteiger partial charge >= 0.3 is 5.97 Å². The maximum absolute atomic E-state index is 13.7. The smallest absolute Gasteiger partial charge is 0.342 e. The largest absolute Gasteiger partial charge is 0.467 e. The van der Waals surface area contributed by atoms with Crippen molar-refractivity contribution >= 4 is 14.3 Å². The highest BCUT2D eigenvalue weighted by Crippen LogP contribution is 2.40. The monoisotopic (exact) mass is 594 g/mol. The summed E-state index contributed by atoms with van der Waals surface area (Å²) in [6.45, 7) is 16.9. The molecule has 2 heterocycles. The van der Waals surface area contributed by atoms with Gasteiger partial charge in [-0.15, -0.1) is 0 Å². The molecule has 0 aromatic heterocycles. The third kappa shape index (κ3) is 9.27. The second-order valence-corrected chi connectivity index (χ2v) is 17.6. The van der Waals surface area contributed by atoms with E-state index < -0.39 is 20.1 Å². The van der Waals surface area contributed by atoms with Gasteiger partial charge < -0.3 is 37.6 Å². The quantitative estimate of drug-likeness (QED) is 0.147. The van der Waals surface area contributed by atoms with Gasteiger partial charge in [-0.05, 0) is 69.8 Å². The molecule has 0 saturated carbocycles. The first-order valence-corrected chi connectivity index (χ1v) is 17.4. The Morgan fingerprint density at radius 2 is 1.71 bits per heavy atom. The molecule has 2 aliphatic rings. The fourth-order valence-electron chi connectivity index (χ4n) is 4.82. The van der Waals surface area contributed by atoms with Crippen molar-refractivity contribution in [3.8, 4) is 11.5 Å². The molecular formula is C31H50O9Si. The minimum Gasteiger partial charge on any atom is -0.467 e. The molecule has 1 fully saturated rings. The average molecular weight is 595 g/mol. The van der Waals surface area contributed by atoms with Crippen LogP contribution in [0, 0.1) is 0 Å². The van der Waals surface area contributed by atoms with Crippen molar-refractivity contribution in [3.63, 3.8) is 0 Å². The zero-order valence-corrected chi connectivity index (χ0v) is 27.5. The molecule has 0 radical (unpaired) electrons. The van der Waals surface area contributed by atoms with Crippen LogP contribution < -0.4 is 9.47 Å². The number of fused-ring (bicyclic) bond motifs is 2. The van der Waals surface area contributed by atoms with Crippen LogP contribution in [0.1, 0.15) is 76.7 Å². The van der Waals surface area contributed by atoms with E-state index in [-0.39, 0.29) is 43.0 Å². The first kappa shape index (κ1) is 33.5. The van der Waals surface area contributed by atoms with Gasteiger partial charge in [0.1, 0.15) is 29.3 Å². The lowest BCUT2D eigenvalue weighted by atomic mass is 9.96. The number of methoxy groups -OCH3 is 2. The van der Waals surface area contributed by atoms with Gasteiger partial charge in [0.25, 0.3) is 0 Å². The fourth-order valence-corrected chi connectivity index (χ4v) is 6.21. The predicted molar refractivity (Wildman–Crippen MR) is 159 cm³/mol. The van der Waals surface area contributed by atoms with E-state index >= 15 is 0 Å². The maximum Gasteiger partial charge on any atom is 0.342 e. The number of carbonyl (C=O) groups excluding carboxylic acids is 1. The lowest BCUT2D eigenvalue weighted by molar-refractivity contribution is -0.144. The minimum atomic E-state index is -2.19. The van der Waals surface area contributed by atoms with Crippen LogP contribution in [-0.2, 0) is 34.5 Å². The Kier molecular flexibility index (Phi) is 11.5. The van der Waals surface area contributed by atoms with Crippen molar-refractivity contribution in [1.29, 1.82) is 0 Å². The normalized spacial score (nSPS) is 25.6. The first-order chi connectivity index (χ1) is 19.2. The predicted octanol–water partition coefficient (Wildman–Crippen LogP) is 6.39. The number of carbonyl (C=O) groups is 1. The maximum atomic E-state index is 13.7. The number of rotatable bonds is 8. The molecule has 9 nitrogen and oxygen atoms in total. The van der Waals surface area contributed by atoms with Crippen LogP contribution >= 0.6 is 0 Å². The summed E-state index contributed by atoms with van der Waals surface area (Å²) >= 11 is 0. The third-order valence-electron chi connectivity index (χ3n) is 7.85. The van der Waals surface area contributed by atoms with E-state index in [2.05, 4.69) is 33.9 Å². The summed E-state index contributed by atoms with van der Waals surface area (Å²) in [7, 11) is 0.902. The molecule has 0 N–H and O–H groups in total. The van der Waals surface area contributed by atoms with Crippen LogP contribution in [-0.4, -0.2) is 72.3 Å². The molecule has 1 aromatic carbocycles. The Morgan fingerprint density at radius 3 is 2.37 bits per heavy atom. The second-order valence-electron chi connectivity index (χ2n) is 12.9. The van der Waals surface area contributed by atoms with E-state index in [9.17, 15) is 4.79 Å². The molecule has 1 aromatic rings. The van der Waals surface area contributed by atoms with Crippen molar-refractivity contribution in [3.05, 3.63) is 35.4 Å². The number of hydrogen-bond donors (Lipinski definition) is 0. The molecule has 1 saturated heterocycles. The molecule has 3 rings (SSSR count). The molecule has 10 heteroatoms.